The highest BCUT2D eigenvalue weighted by atomic mass is 16.1. The van der Waals surface area contributed by atoms with E-state index in [-0.39, 0.29) is 5.56 Å². The van der Waals surface area contributed by atoms with Crippen molar-refractivity contribution in [2.24, 2.45) is 5.92 Å². The van der Waals surface area contributed by atoms with Crippen LogP contribution in [0.3, 0.4) is 0 Å². The zero-order valence-electron chi connectivity index (χ0n) is 10.4. The minimum Gasteiger partial charge on any atom is -0.365 e. The van der Waals surface area contributed by atoms with E-state index < -0.39 is 0 Å². The van der Waals surface area contributed by atoms with Crippen molar-refractivity contribution in [3.05, 3.63) is 22.7 Å². The first-order chi connectivity index (χ1) is 8.16. The topological polar surface area (TPSA) is 61.0 Å². The van der Waals surface area contributed by atoms with Gasteiger partial charge in [-0.2, -0.15) is 0 Å². The summed E-state index contributed by atoms with van der Waals surface area (Å²) in [5, 5.41) is 3.13. The highest BCUT2D eigenvalue weighted by Gasteiger charge is 2.23. The summed E-state index contributed by atoms with van der Waals surface area (Å²) in [6.07, 6.45) is 4.33. The van der Waals surface area contributed by atoms with Crippen LogP contribution in [0, 0.1) is 5.92 Å². The number of hydrogen-bond donors (Lipinski definition) is 2. The van der Waals surface area contributed by atoms with Gasteiger partial charge in [-0.15, -0.1) is 0 Å². The van der Waals surface area contributed by atoms with Crippen LogP contribution in [-0.4, -0.2) is 40.5 Å². The zero-order valence-corrected chi connectivity index (χ0v) is 10.4. The lowest BCUT2D eigenvalue weighted by molar-refractivity contribution is 0.266. The van der Waals surface area contributed by atoms with E-state index in [0.717, 1.165) is 19.6 Å². The van der Waals surface area contributed by atoms with Crippen LogP contribution in [0.15, 0.2) is 17.2 Å². The van der Waals surface area contributed by atoms with Crippen molar-refractivity contribution in [1.82, 2.24) is 14.9 Å². The molecular formula is C12H20N4O. The molecule has 0 spiro atoms. The van der Waals surface area contributed by atoms with Crippen LogP contribution in [0.5, 0.6) is 0 Å². The molecule has 0 aliphatic carbocycles. The largest absolute Gasteiger partial charge is 0.365 e. The van der Waals surface area contributed by atoms with Gasteiger partial charge in [0.15, 0.2) is 5.82 Å². The molecule has 5 nitrogen and oxygen atoms in total. The van der Waals surface area contributed by atoms with Gasteiger partial charge in [0.2, 0.25) is 0 Å². The van der Waals surface area contributed by atoms with Crippen LogP contribution in [0.4, 0.5) is 5.82 Å². The Morgan fingerprint density at radius 2 is 2.47 bits per heavy atom. The molecule has 1 aliphatic heterocycles. The van der Waals surface area contributed by atoms with Gasteiger partial charge in [0, 0.05) is 31.5 Å². The van der Waals surface area contributed by atoms with Gasteiger partial charge in [-0.3, -0.25) is 4.79 Å². The van der Waals surface area contributed by atoms with Gasteiger partial charge in [0.05, 0.1) is 0 Å². The molecule has 94 valence electrons. The number of likely N-dealkylation sites (tertiary alicyclic amines) is 1. The summed E-state index contributed by atoms with van der Waals surface area (Å²) in [4.78, 5) is 20.5. The molecule has 5 heteroatoms. The van der Waals surface area contributed by atoms with Crippen LogP contribution < -0.4 is 10.9 Å². The summed E-state index contributed by atoms with van der Waals surface area (Å²) in [6, 6.07) is 0.609. The number of rotatable bonds is 4. The molecule has 0 radical (unpaired) electrons. The van der Waals surface area contributed by atoms with E-state index in [2.05, 4.69) is 34.0 Å². The van der Waals surface area contributed by atoms with Gasteiger partial charge >= 0.3 is 0 Å². The minimum absolute atomic E-state index is 0.147. The molecule has 1 unspecified atom stereocenters. The summed E-state index contributed by atoms with van der Waals surface area (Å²) in [7, 11) is 0. The van der Waals surface area contributed by atoms with Crippen molar-refractivity contribution >= 4 is 5.82 Å². The smallest absolute Gasteiger partial charge is 0.290 e. The summed E-state index contributed by atoms with van der Waals surface area (Å²) >= 11 is 0. The second kappa shape index (κ2) is 5.31. The molecule has 1 aromatic heterocycles. The van der Waals surface area contributed by atoms with Gasteiger partial charge in [0.25, 0.3) is 5.56 Å². The molecule has 0 saturated carbocycles. The molecule has 0 aromatic carbocycles. The molecule has 1 aromatic rings. The Morgan fingerprint density at radius 1 is 1.65 bits per heavy atom. The molecule has 0 bridgehead atoms. The first-order valence-corrected chi connectivity index (χ1v) is 6.18. The number of H-pyrrole nitrogens is 1. The van der Waals surface area contributed by atoms with Crippen molar-refractivity contribution in [3.8, 4) is 0 Å². The molecule has 17 heavy (non-hydrogen) atoms. The Morgan fingerprint density at radius 3 is 3.12 bits per heavy atom. The Balaban J connectivity index is 1.84. The fraction of sp³-hybridized carbons (Fsp3) is 0.667. The second-order valence-corrected chi connectivity index (χ2v) is 4.89. The highest BCUT2D eigenvalue weighted by Crippen LogP contribution is 2.18. The number of aromatic nitrogens is 2. The van der Waals surface area contributed by atoms with Gasteiger partial charge < -0.3 is 15.2 Å². The SMILES string of the molecule is CC(C)N1CCC(CNc2ncc[nH]c2=O)C1. The van der Waals surface area contributed by atoms with Crippen molar-refractivity contribution in [2.75, 3.05) is 25.0 Å². The Bertz CT molecular complexity index is 415. The van der Waals surface area contributed by atoms with E-state index in [4.69, 9.17) is 0 Å². The number of nitrogens with zero attached hydrogens (tertiary/aromatic N) is 2. The number of nitrogens with one attached hydrogen (secondary N) is 2. The molecule has 1 aliphatic rings. The average Bonchev–Trinajstić information content (AvgIpc) is 2.77. The molecule has 1 fully saturated rings. The molecular weight excluding hydrogens is 216 g/mol. The van der Waals surface area contributed by atoms with Crippen LogP contribution >= 0.6 is 0 Å². The Hall–Kier alpha value is -1.36. The van der Waals surface area contributed by atoms with Gasteiger partial charge in [0.1, 0.15) is 0 Å². The quantitative estimate of drug-likeness (QED) is 0.816. The summed E-state index contributed by atoms with van der Waals surface area (Å²) in [5.41, 5.74) is -0.147. The highest BCUT2D eigenvalue weighted by molar-refractivity contribution is 5.29. The van der Waals surface area contributed by atoms with Gasteiger partial charge in [-0.05, 0) is 32.7 Å². The zero-order chi connectivity index (χ0) is 12.3. The Labute approximate surface area is 101 Å². The van der Waals surface area contributed by atoms with E-state index in [1.807, 2.05) is 0 Å². The van der Waals surface area contributed by atoms with Crippen LogP contribution in [-0.2, 0) is 0 Å². The third-order valence-corrected chi connectivity index (χ3v) is 3.31. The van der Waals surface area contributed by atoms with Crippen molar-refractivity contribution in [3.63, 3.8) is 0 Å². The monoisotopic (exact) mass is 236 g/mol. The van der Waals surface area contributed by atoms with Crippen molar-refractivity contribution in [2.45, 2.75) is 26.3 Å². The van der Waals surface area contributed by atoms with E-state index >= 15 is 0 Å². The van der Waals surface area contributed by atoms with E-state index in [0.29, 0.717) is 17.8 Å². The molecule has 1 atom stereocenters. The normalized spacial score (nSPS) is 21.0. The van der Waals surface area contributed by atoms with Crippen LogP contribution in [0.1, 0.15) is 20.3 Å². The van der Waals surface area contributed by atoms with Crippen molar-refractivity contribution in [1.29, 1.82) is 0 Å². The van der Waals surface area contributed by atoms with Crippen LogP contribution in [0.2, 0.25) is 0 Å². The summed E-state index contributed by atoms with van der Waals surface area (Å²) in [5.74, 6) is 1.04. The Kier molecular flexibility index (Phi) is 3.78. The van der Waals surface area contributed by atoms with E-state index in [1.165, 1.54) is 6.42 Å². The molecule has 0 amide bonds. The van der Waals surface area contributed by atoms with Crippen molar-refractivity contribution < 1.29 is 0 Å². The molecule has 2 rings (SSSR count). The number of aromatic amines is 1. The average molecular weight is 236 g/mol. The maximum absolute atomic E-state index is 11.4. The maximum Gasteiger partial charge on any atom is 0.290 e. The number of anilines is 1. The lowest BCUT2D eigenvalue weighted by atomic mass is 10.1. The van der Waals surface area contributed by atoms with Gasteiger partial charge in [-0.25, -0.2) is 4.98 Å². The number of hydrogen-bond acceptors (Lipinski definition) is 4. The molecule has 2 N–H and O–H groups in total. The third kappa shape index (κ3) is 3.06. The summed E-state index contributed by atoms with van der Waals surface area (Å²) in [6.45, 7) is 7.53. The second-order valence-electron chi connectivity index (χ2n) is 4.89. The lowest BCUT2D eigenvalue weighted by Crippen LogP contribution is -2.29. The molecule has 1 saturated heterocycles. The summed E-state index contributed by atoms with van der Waals surface area (Å²) < 4.78 is 0. The first-order valence-electron chi connectivity index (χ1n) is 6.18. The predicted octanol–water partition coefficient (Wildman–Crippen LogP) is 0.912. The van der Waals surface area contributed by atoms with Crippen LogP contribution in [0.25, 0.3) is 0 Å². The standard InChI is InChI=1S/C12H20N4O/c1-9(2)16-6-3-10(8-16)7-15-11-12(17)14-5-4-13-11/h4-5,9-10H,3,6-8H2,1-2H3,(H,13,15)(H,14,17). The fourth-order valence-corrected chi connectivity index (χ4v) is 2.22. The third-order valence-electron chi connectivity index (χ3n) is 3.31. The predicted molar refractivity (Wildman–Crippen MR) is 68.2 cm³/mol. The molecule has 2 heterocycles. The minimum atomic E-state index is -0.147. The van der Waals surface area contributed by atoms with Gasteiger partial charge in [-0.1, -0.05) is 0 Å². The first kappa shape index (κ1) is 12.1. The lowest BCUT2D eigenvalue weighted by Gasteiger charge is -2.20. The maximum atomic E-state index is 11.4. The van der Waals surface area contributed by atoms with E-state index in [1.54, 1.807) is 12.4 Å². The fourth-order valence-electron chi connectivity index (χ4n) is 2.22. The van der Waals surface area contributed by atoms with E-state index in [9.17, 15) is 4.79 Å².